The molecule has 0 fully saturated rings. The minimum absolute atomic E-state index is 0.423. The van der Waals surface area contributed by atoms with Crippen LogP contribution in [0.4, 0.5) is 4.79 Å². The highest BCUT2D eigenvalue weighted by Gasteiger charge is 2.13. The molecule has 5 heteroatoms. The van der Waals surface area contributed by atoms with Crippen molar-refractivity contribution in [3.63, 3.8) is 0 Å². The third-order valence-corrected chi connectivity index (χ3v) is 2.58. The summed E-state index contributed by atoms with van der Waals surface area (Å²) in [6, 6.07) is -1.28. The summed E-state index contributed by atoms with van der Waals surface area (Å²) in [5.74, 6) is -1.03. The SMILES string of the molecule is C[C@H](NC(=O)NCCC1=CCCC1)C(=O)O. The number of carbonyl (C=O) groups excluding carboxylic acids is 1. The number of carboxylic acids is 1. The van der Waals surface area contributed by atoms with Crippen LogP contribution in [0, 0.1) is 0 Å². The van der Waals surface area contributed by atoms with Crippen molar-refractivity contribution in [2.75, 3.05) is 6.54 Å². The summed E-state index contributed by atoms with van der Waals surface area (Å²) in [5, 5.41) is 13.6. The lowest BCUT2D eigenvalue weighted by molar-refractivity contribution is -0.138. The van der Waals surface area contributed by atoms with Gasteiger partial charge in [0.05, 0.1) is 0 Å². The quantitative estimate of drug-likeness (QED) is 0.617. The first-order chi connectivity index (χ1) is 7.59. The lowest BCUT2D eigenvalue weighted by atomic mass is 10.2. The van der Waals surface area contributed by atoms with Crippen LogP contribution in [-0.4, -0.2) is 29.7 Å². The molecule has 16 heavy (non-hydrogen) atoms. The van der Waals surface area contributed by atoms with Crippen LogP contribution in [0.3, 0.4) is 0 Å². The van der Waals surface area contributed by atoms with Crippen LogP contribution < -0.4 is 10.6 Å². The molecule has 1 atom stereocenters. The van der Waals surface area contributed by atoms with Gasteiger partial charge in [-0.15, -0.1) is 0 Å². The van der Waals surface area contributed by atoms with Crippen molar-refractivity contribution < 1.29 is 14.7 Å². The van der Waals surface area contributed by atoms with E-state index in [1.165, 1.54) is 18.9 Å². The Morgan fingerprint density at radius 3 is 2.88 bits per heavy atom. The number of carbonyl (C=O) groups is 2. The third kappa shape index (κ3) is 4.33. The van der Waals surface area contributed by atoms with Gasteiger partial charge < -0.3 is 15.7 Å². The van der Waals surface area contributed by atoms with Gasteiger partial charge in [0.25, 0.3) is 0 Å². The van der Waals surface area contributed by atoms with Gasteiger partial charge in [0, 0.05) is 6.54 Å². The highest BCUT2D eigenvalue weighted by molar-refractivity contribution is 5.82. The molecule has 0 heterocycles. The third-order valence-electron chi connectivity index (χ3n) is 2.58. The van der Waals surface area contributed by atoms with E-state index in [9.17, 15) is 9.59 Å². The Morgan fingerprint density at radius 1 is 1.56 bits per heavy atom. The summed E-state index contributed by atoms with van der Waals surface area (Å²) in [5.41, 5.74) is 1.38. The fourth-order valence-corrected chi connectivity index (χ4v) is 1.61. The van der Waals surface area contributed by atoms with E-state index in [4.69, 9.17) is 5.11 Å². The Hall–Kier alpha value is -1.52. The smallest absolute Gasteiger partial charge is 0.325 e. The molecule has 5 nitrogen and oxygen atoms in total. The molecule has 0 bridgehead atoms. The second-order valence-corrected chi connectivity index (χ2v) is 3.96. The summed E-state index contributed by atoms with van der Waals surface area (Å²) in [7, 11) is 0. The van der Waals surface area contributed by atoms with Gasteiger partial charge in [-0.3, -0.25) is 4.79 Å². The average Bonchev–Trinajstić information content (AvgIpc) is 2.70. The van der Waals surface area contributed by atoms with Crippen molar-refractivity contribution in [1.29, 1.82) is 0 Å². The van der Waals surface area contributed by atoms with E-state index in [1.54, 1.807) is 0 Å². The fraction of sp³-hybridized carbons (Fsp3) is 0.636. The number of aliphatic carboxylic acids is 1. The van der Waals surface area contributed by atoms with Gasteiger partial charge >= 0.3 is 12.0 Å². The topological polar surface area (TPSA) is 78.4 Å². The van der Waals surface area contributed by atoms with E-state index < -0.39 is 18.0 Å². The Bertz CT molecular complexity index is 300. The molecular formula is C11H18N2O3. The van der Waals surface area contributed by atoms with Crippen LogP contribution in [0.2, 0.25) is 0 Å². The predicted octanol–water partition coefficient (Wildman–Crippen LogP) is 1.26. The van der Waals surface area contributed by atoms with Gasteiger partial charge in [-0.25, -0.2) is 4.79 Å². The van der Waals surface area contributed by atoms with E-state index in [0.717, 1.165) is 19.3 Å². The van der Waals surface area contributed by atoms with Crippen molar-refractivity contribution in [1.82, 2.24) is 10.6 Å². The minimum Gasteiger partial charge on any atom is -0.480 e. The van der Waals surface area contributed by atoms with Gasteiger partial charge in [0.2, 0.25) is 0 Å². The standard InChI is InChI=1S/C11H18N2O3/c1-8(10(14)15)13-11(16)12-7-6-9-4-2-3-5-9/h4,8H,2-3,5-7H2,1H3,(H,14,15)(H2,12,13,16)/t8-/m0/s1. The molecule has 0 saturated heterocycles. The number of hydrogen-bond donors (Lipinski definition) is 3. The van der Waals surface area contributed by atoms with E-state index in [0.29, 0.717) is 6.54 Å². The van der Waals surface area contributed by atoms with E-state index in [-0.39, 0.29) is 0 Å². The summed E-state index contributed by atoms with van der Waals surface area (Å²) >= 11 is 0. The molecule has 0 unspecified atom stereocenters. The monoisotopic (exact) mass is 226 g/mol. The summed E-state index contributed by atoms with van der Waals surface area (Å²) in [4.78, 5) is 21.7. The number of rotatable bonds is 5. The zero-order valence-corrected chi connectivity index (χ0v) is 9.45. The maximum Gasteiger partial charge on any atom is 0.325 e. The molecule has 2 amide bonds. The summed E-state index contributed by atoms with van der Waals surface area (Å²) < 4.78 is 0. The molecule has 0 aromatic carbocycles. The number of nitrogens with one attached hydrogen (secondary N) is 2. The molecule has 90 valence electrons. The van der Waals surface area contributed by atoms with E-state index in [2.05, 4.69) is 16.7 Å². The average molecular weight is 226 g/mol. The summed E-state index contributed by atoms with van der Waals surface area (Å²) in [6.45, 7) is 1.99. The van der Waals surface area contributed by atoms with E-state index in [1.807, 2.05) is 0 Å². The highest BCUT2D eigenvalue weighted by atomic mass is 16.4. The zero-order chi connectivity index (χ0) is 12.0. The van der Waals surface area contributed by atoms with Crippen LogP contribution in [0.25, 0.3) is 0 Å². The second kappa shape index (κ2) is 6.15. The van der Waals surface area contributed by atoms with Crippen LogP contribution in [0.5, 0.6) is 0 Å². The van der Waals surface area contributed by atoms with Crippen LogP contribution >= 0.6 is 0 Å². The Kier molecular flexibility index (Phi) is 4.82. The van der Waals surface area contributed by atoms with Crippen molar-refractivity contribution in [3.8, 4) is 0 Å². The lowest BCUT2D eigenvalue weighted by Crippen LogP contribution is -2.44. The number of allylic oxidation sites excluding steroid dienone is 1. The molecule has 3 N–H and O–H groups in total. The second-order valence-electron chi connectivity index (χ2n) is 3.96. The largest absolute Gasteiger partial charge is 0.480 e. The fourth-order valence-electron chi connectivity index (χ4n) is 1.61. The summed E-state index contributed by atoms with van der Waals surface area (Å²) in [6.07, 6.45) is 6.53. The maximum atomic E-state index is 11.2. The number of urea groups is 1. The maximum absolute atomic E-state index is 11.2. The molecule has 0 saturated carbocycles. The predicted molar refractivity (Wildman–Crippen MR) is 60.2 cm³/mol. The van der Waals surface area contributed by atoms with Gasteiger partial charge in [-0.05, 0) is 32.6 Å². The van der Waals surface area contributed by atoms with Gasteiger partial charge in [-0.1, -0.05) is 11.6 Å². The number of amides is 2. The lowest BCUT2D eigenvalue weighted by Gasteiger charge is -2.10. The van der Waals surface area contributed by atoms with Crippen LogP contribution in [0.1, 0.15) is 32.6 Å². The van der Waals surface area contributed by atoms with Crippen molar-refractivity contribution in [2.45, 2.75) is 38.6 Å². The Morgan fingerprint density at radius 2 is 2.31 bits per heavy atom. The molecule has 0 spiro atoms. The van der Waals surface area contributed by atoms with E-state index >= 15 is 0 Å². The van der Waals surface area contributed by atoms with Crippen molar-refractivity contribution in [2.24, 2.45) is 0 Å². The Balaban J connectivity index is 2.12. The van der Waals surface area contributed by atoms with Crippen LogP contribution in [-0.2, 0) is 4.79 Å². The first-order valence-corrected chi connectivity index (χ1v) is 5.54. The highest BCUT2D eigenvalue weighted by Crippen LogP contribution is 2.19. The first kappa shape index (κ1) is 12.5. The molecule has 0 aromatic rings. The zero-order valence-electron chi connectivity index (χ0n) is 9.45. The van der Waals surface area contributed by atoms with Gasteiger partial charge in [-0.2, -0.15) is 0 Å². The molecule has 1 rings (SSSR count). The molecule has 0 aromatic heterocycles. The van der Waals surface area contributed by atoms with Crippen molar-refractivity contribution in [3.05, 3.63) is 11.6 Å². The Labute approximate surface area is 94.9 Å². The molecule has 1 aliphatic carbocycles. The normalized spacial score (nSPS) is 16.4. The van der Waals surface area contributed by atoms with Crippen LogP contribution in [0.15, 0.2) is 11.6 Å². The van der Waals surface area contributed by atoms with Gasteiger partial charge in [0.1, 0.15) is 6.04 Å². The first-order valence-electron chi connectivity index (χ1n) is 5.54. The molecule has 0 radical (unpaired) electrons. The number of hydrogen-bond acceptors (Lipinski definition) is 2. The van der Waals surface area contributed by atoms with Crippen molar-refractivity contribution >= 4 is 12.0 Å². The molecule has 1 aliphatic rings. The van der Waals surface area contributed by atoms with Gasteiger partial charge in [0.15, 0.2) is 0 Å². The minimum atomic E-state index is -1.03. The number of carboxylic acid groups (broad SMARTS) is 1. The molecular weight excluding hydrogens is 208 g/mol. The molecule has 0 aliphatic heterocycles.